The van der Waals surface area contributed by atoms with Crippen LogP contribution in [0.4, 0.5) is 5.69 Å². The lowest BCUT2D eigenvalue weighted by molar-refractivity contribution is 0.0749. The van der Waals surface area contributed by atoms with Gasteiger partial charge in [0.2, 0.25) is 0 Å². The first-order valence-corrected chi connectivity index (χ1v) is 7.31. The topological polar surface area (TPSA) is 32.3 Å². The van der Waals surface area contributed by atoms with Crippen molar-refractivity contribution in [2.75, 3.05) is 11.9 Å². The minimum absolute atomic E-state index is 0.173. The van der Waals surface area contributed by atoms with Crippen LogP contribution in [0.2, 0.25) is 0 Å². The Morgan fingerprint density at radius 3 is 2.53 bits per heavy atom. The third kappa shape index (κ3) is 3.30. The predicted molar refractivity (Wildman–Crippen MR) is 81.4 cm³/mol. The van der Waals surface area contributed by atoms with E-state index in [1.54, 1.807) is 0 Å². The summed E-state index contributed by atoms with van der Waals surface area (Å²) in [5.74, 6) is 0.646. The Hall–Kier alpha value is -1.02. The molecule has 0 saturated heterocycles. The van der Waals surface area contributed by atoms with Crippen LogP contribution >= 0.6 is 0 Å². The van der Waals surface area contributed by atoms with Gasteiger partial charge >= 0.3 is 0 Å². The first kappa shape index (κ1) is 14.4. The molecule has 0 bridgehead atoms. The van der Waals surface area contributed by atoms with Gasteiger partial charge in [-0.3, -0.25) is 0 Å². The maximum atomic E-state index is 9.98. The summed E-state index contributed by atoms with van der Waals surface area (Å²) < 4.78 is 0. The van der Waals surface area contributed by atoms with Crippen LogP contribution in [-0.2, 0) is 0 Å². The summed E-state index contributed by atoms with van der Waals surface area (Å²) in [6.45, 7) is 9.24. The first-order valence-electron chi connectivity index (χ1n) is 7.31. The lowest BCUT2D eigenvalue weighted by Gasteiger charge is -2.48. The second-order valence-corrected chi connectivity index (χ2v) is 7.23. The Morgan fingerprint density at radius 2 is 1.95 bits per heavy atom. The summed E-state index contributed by atoms with van der Waals surface area (Å²) in [7, 11) is 0. The van der Waals surface area contributed by atoms with Crippen LogP contribution in [0.15, 0.2) is 24.3 Å². The van der Waals surface area contributed by atoms with E-state index in [0.29, 0.717) is 5.92 Å². The number of hydrogen-bond acceptors (Lipinski definition) is 2. The van der Waals surface area contributed by atoms with Crippen LogP contribution in [0.5, 0.6) is 0 Å². The fourth-order valence-electron chi connectivity index (χ4n) is 4.00. The van der Waals surface area contributed by atoms with Crippen molar-refractivity contribution in [3.05, 3.63) is 29.8 Å². The monoisotopic (exact) mass is 261 g/mol. The molecule has 1 fully saturated rings. The Morgan fingerprint density at radius 1 is 1.26 bits per heavy atom. The molecule has 0 amide bonds. The van der Waals surface area contributed by atoms with Crippen molar-refractivity contribution in [1.29, 1.82) is 0 Å². The molecule has 1 aromatic carbocycles. The van der Waals surface area contributed by atoms with E-state index in [4.69, 9.17) is 0 Å². The minimum Gasteiger partial charge on any atom is -0.394 e. The molecule has 1 aliphatic rings. The first-order chi connectivity index (χ1) is 8.86. The molecular formula is C17H27NO. The van der Waals surface area contributed by atoms with Gasteiger partial charge in [-0.1, -0.05) is 39.0 Å². The van der Waals surface area contributed by atoms with E-state index in [2.05, 4.69) is 57.3 Å². The highest BCUT2D eigenvalue weighted by molar-refractivity contribution is 5.52. The van der Waals surface area contributed by atoms with Crippen LogP contribution in [0.1, 0.15) is 45.6 Å². The molecule has 0 aromatic heterocycles. The molecule has 2 unspecified atom stereocenters. The van der Waals surface area contributed by atoms with Crippen LogP contribution < -0.4 is 5.32 Å². The molecule has 0 heterocycles. The molecule has 1 aromatic rings. The van der Waals surface area contributed by atoms with Gasteiger partial charge in [-0.2, -0.15) is 0 Å². The average Bonchev–Trinajstić information content (AvgIpc) is 2.29. The van der Waals surface area contributed by atoms with Crippen LogP contribution in [0.3, 0.4) is 0 Å². The maximum Gasteiger partial charge on any atom is 0.0661 e. The number of hydrogen-bond donors (Lipinski definition) is 2. The van der Waals surface area contributed by atoms with Gasteiger partial charge in [0.05, 0.1) is 12.1 Å². The molecule has 2 atom stereocenters. The van der Waals surface area contributed by atoms with Crippen molar-refractivity contribution in [3.8, 4) is 0 Å². The lowest BCUT2D eigenvalue weighted by atomic mass is 9.64. The molecule has 106 valence electrons. The number of para-hydroxylation sites is 1. The predicted octanol–water partition coefficient (Wildman–Crippen LogP) is 3.98. The van der Waals surface area contributed by atoms with Gasteiger partial charge in [-0.05, 0) is 49.1 Å². The molecule has 0 radical (unpaired) electrons. The molecule has 2 rings (SSSR count). The molecule has 19 heavy (non-hydrogen) atoms. The van der Waals surface area contributed by atoms with Crippen LogP contribution in [0.25, 0.3) is 0 Å². The highest BCUT2D eigenvalue weighted by Gasteiger charge is 2.42. The zero-order valence-electron chi connectivity index (χ0n) is 12.7. The molecule has 0 spiro atoms. The molecule has 2 heteroatoms. The van der Waals surface area contributed by atoms with Gasteiger partial charge in [0.1, 0.15) is 0 Å². The molecule has 1 saturated carbocycles. The third-order valence-electron chi connectivity index (χ3n) is 4.30. The third-order valence-corrected chi connectivity index (χ3v) is 4.30. The van der Waals surface area contributed by atoms with Crippen molar-refractivity contribution >= 4 is 5.69 Å². The van der Waals surface area contributed by atoms with Gasteiger partial charge in [0.15, 0.2) is 0 Å². The fourth-order valence-corrected chi connectivity index (χ4v) is 4.00. The molecule has 2 N–H and O–H groups in total. The van der Waals surface area contributed by atoms with Crippen molar-refractivity contribution < 1.29 is 5.11 Å². The van der Waals surface area contributed by atoms with E-state index in [0.717, 1.165) is 18.5 Å². The minimum atomic E-state index is -0.173. The van der Waals surface area contributed by atoms with E-state index in [1.807, 2.05) is 0 Å². The smallest absolute Gasteiger partial charge is 0.0661 e. The zero-order chi connectivity index (χ0) is 14.1. The maximum absolute atomic E-state index is 9.98. The number of aliphatic hydroxyl groups is 1. The van der Waals surface area contributed by atoms with E-state index in [1.165, 1.54) is 12.0 Å². The largest absolute Gasteiger partial charge is 0.394 e. The van der Waals surface area contributed by atoms with Gasteiger partial charge < -0.3 is 10.4 Å². The number of rotatable bonds is 3. The average molecular weight is 261 g/mol. The summed E-state index contributed by atoms with van der Waals surface area (Å²) in [6.07, 6.45) is 3.31. The summed E-state index contributed by atoms with van der Waals surface area (Å²) in [5, 5.41) is 13.6. The van der Waals surface area contributed by atoms with Crippen molar-refractivity contribution in [2.45, 2.75) is 52.5 Å². The number of aryl methyl sites for hydroxylation is 1. The lowest BCUT2D eigenvalue weighted by Crippen LogP contribution is -2.50. The standard InChI is InChI=1S/C17H27NO/c1-13-9-16(3,4)11-17(10-13,12-19)18-15-8-6-5-7-14(15)2/h5-8,13,18-19H,9-12H2,1-4H3. The number of aliphatic hydroxyl groups excluding tert-OH is 1. The van der Waals surface area contributed by atoms with Gasteiger partial charge in [0, 0.05) is 5.69 Å². The zero-order valence-corrected chi connectivity index (χ0v) is 12.7. The Kier molecular flexibility index (Phi) is 3.91. The van der Waals surface area contributed by atoms with Crippen LogP contribution in [-0.4, -0.2) is 17.3 Å². The van der Waals surface area contributed by atoms with E-state index < -0.39 is 0 Å². The van der Waals surface area contributed by atoms with Crippen LogP contribution in [0, 0.1) is 18.3 Å². The second-order valence-electron chi connectivity index (χ2n) is 7.23. The van der Waals surface area contributed by atoms with Crippen molar-refractivity contribution in [2.24, 2.45) is 11.3 Å². The van der Waals surface area contributed by atoms with Gasteiger partial charge in [-0.15, -0.1) is 0 Å². The molecule has 0 aliphatic heterocycles. The van der Waals surface area contributed by atoms with E-state index in [9.17, 15) is 5.11 Å². The molecule has 2 nitrogen and oxygen atoms in total. The number of nitrogens with one attached hydrogen (secondary N) is 1. The Balaban J connectivity index is 2.25. The van der Waals surface area contributed by atoms with E-state index in [-0.39, 0.29) is 17.6 Å². The second kappa shape index (κ2) is 5.16. The Bertz CT molecular complexity index is 441. The molecule has 1 aliphatic carbocycles. The van der Waals surface area contributed by atoms with Crippen molar-refractivity contribution in [3.63, 3.8) is 0 Å². The quantitative estimate of drug-likeness (QED) is 0.862. The Labute approximate surface area is 117 Å². The van der Waals surface area contributed by atoms with Gasteiger partial charge in [-0.25, -0.2) is 0 Å². The normalized spacial score (nSPS) is 30.1. The fraction of sp³-hybridized carbons (Fsp3) is 0.647. The number of benzene rings is 1. The summed E-state index contributed by atoms with van der Waals surface area (Å²) >= 11 is 0. The molecular weight excluding hydrogens is 234 g/mol. The number of anilines is 1. The summed E-state index contributed by atoms with van der Waals surface area (Å²) in [5.41, 5.74) is 2.51. The summed E-state index contributed by atoms with van der Waals surface area (Å²) in [6, 6.07) is 8.33. The SMILES string of the molecule is Cc1ccccc1NC1(CO)CC(C)CC(C)(C)C1. The highest BCUT2D eigenvalue weighted by atomic mass is 16.3. The van der Waals surface area contributed by atoms with Gasteiger partial charge in [0.25, 0.3) is 0 Å². The summed E-state index contributed by atoms with van der Waals surface area (Å²) in [4.78, 5) is 0. The highest BCUT2D eigenvalue weighted by Crippen LogP contribution is 2.45. The van der Waals surface area contributed by atoms with E-state index >= 15 is 0 Å². The van der Waals surface area contributed by atoms with Crippen molar-refractivity contribution in [1.82, 2.24) is 0 Å².